The van der Waals surface area contributed by atoms with Gasteiger partial charge in [0.15, 0.2) is 5.03 Å². The van der Waals surface area contributed by atoms with Gasteiger partial charge in [0, 0.05) is 5.69 Å². The number of aromatic nitrogens is 2. The number of hydrogen-bond donors (Lipinski definition) is 1. The van der Waals surface area contributed by atoms with Crippen LogP contribution in [-0.4, -0.2) is 18.0 Å². The van der Waals surface area contributed by atoms with Gasteiger partial charge in [-0.15, -0.1) is 5.10 Å². The number of nitrogens with zero attached hydrogens (tertiary/aromatic N) is 2. The first kappa shape index (κ1) is 10.1. The minimum Gasteiger partial charge on any atom is -0.399 e. The van der Waals surface area contributed by atoms with E-state index in [0.717, 1.165) is 11.5 Å². The molecule has 0 aliphatic carbocycles. The van der Waals surface area contributed by atoms with Crippen LogP contribution in [0.1, 0.15) is 0 Å². The number of nitrogen functional groups attached to an aromatic ring is 1. The highest BCUT2D eigenvalue weighted by atomic mass is 32.2. The van der Waals surface area contributed by atoms with Crippen molar-refractivity contribution in [2.75, 3.05) is 5.73 Å². The fourth-order valence-electron chi connectivity index (χ4n) is 1.04. The Labute approximate surface area is 90.6 Å². The molecule has 0 aliphatic rings. The monoisotopic (exact) mass is 241 g/mol. The van der Waals surface area contributed by atoms with Crippen LogP contribution in [0, 0.1) is 0 Å². The van der Waals surface area contributed by atoms with E-state index in [1.807, 2.05) is 0 Å². The Morgan fingerprint density at radius 2 is 1.87 bits per heavy atom. The molecule has 1 heterocycles. The van der Waals surface area contributed by atoms with Crippen LogP contribution in [0.5, 0.6) is 0 Å². The SMILES string of the molecule is Nc1ccc(S(=O)(=O)c2csnn2)cc1. The number of anilines is 1. The van der Waals surface area contributed by atoms with Crippen LogP contribution in [0.2, 0.25) is 0 Å². The second-order valence-electron chi connectivity index (χ2n) is 2.82. The Morgan fingerprint density at radius 3 is 2.40 bits per heavy atom. The highest BCUT2D eigenvalue weighted by Crippen LogP contribution is 2.20. The number of benzene rings is 1. The summed E-state index contributed by atoms with van der Waals surface area (Å²) in [5.41, 5.74) is 5.99. The molecule has 0 amide bonds. The molecule has 1 aromatic heterocycles. The van der Waals surface area contributed by atoms with E-state index in [1.54, 1.807) is 0 Å². The molecule has 7 heteroatoms. The molecule has 0 saturated heterocycles. The van der Waals surface area contributed by atoms with E-state index in [9.17, 15) is 8.42 Å². The predicted octanol–water partition coefficient (Wildman–Crippen LogP) is 0.953. The number of hydrogen-bond acceptors (Lipinski definition) is 6. The summed E-state index contributed by atoms with van der Waals surface area (Å²) < 4.78 is 27.3. The minimum atomic E-state index is -3.53. The molecular weight excluding hydrogens is 234 g/mol. The van der Waals surface area contributed by atoms with Gasteiger partial charge in [-0.25, -0.2) is 8.42 Å². The van der Waals surface area contributed by atoms with Gasteiger partial charge < -0.3 is 5.73 Å². The first-order chi connectivity index (χ1) is 7.10. The zero-order valence-corrected chi connectivity index (χ0v) is 9.12. The second-order valence-corrected chi connectivity index (χ2v) is 5.32. The van der Waals surface area contributed by atoms with Crippen LogP contribution in [0.3, 0.4) is 0 Å². The molecule has 0 saturated carbocycles. The van der Waals surface area contributed by atoms with Crippen molar-refractivity contribution in [2.45, 2.75) is 9.92 Å². The number of nitrogens with two attached hydrogens (primary N) is 1. The molecule has 1 aromatic carbocycles. The summed E-state index contributed by atoms with van der Waals surface area (Å²) >= 11 is 0.999. The zero-order chi connectivity index (χ0) is 10.9. The van der Waals surface area contributed by atoms with E-state index in [0.29, 0.717) is 5.69 Å². The Hall–Kier alpha value is -1.47. The van der Waals surface area contributed by atoms with Gasteiger partial charge in [-0.1, -0.05) is 4.49 Å². The van der Waals surface area contributed by atoms with Crippen LogP contribution in [0.4, 0.5) is 5.69 Å². The molecule has 0 fully saturated rings. The fourth-order valence-corrected chi connectivity index (χ4v) is 2.93. The molecular formula is C8H7N3O2S2. The van der Waals surface area contributed by atoms with Crippen LogP contribution < -0.4 is 5.73 Å². The summed E-state index contributed by atoms with van der Waals surface area (Å²) in [6.45, 7) is 0. The minimum absolute atomic E-state index is 0.0303. The fraction of sp³-hybridized carbons (Fsp3) is 0. The first-order valence-corrected chi connectivity index (χ1v) is 6.30. The molecule has 2 aromatic rings. The maximum atomic E-state index is 11.9. The lowest BCUT2D eigenvalue weighted by Gasteiger charge is -2.00. The third-order valence-corrected chi connectivity index (χ3v) is 4.10. The average Bonchev–Trinajstić information content (AvgIpc) is 2.71. The Balaban J connectivity index is 2.52. The van der Waals surface area contributed by atoms with Crippen molar-refractivity contribution in [2.24, 2.45) is 0 Å². The van der Waals surface area contributed by atoms with Gasteiger partial charge in [0.25, 0.3) is 0 Å². The summed E-state index contributed by atoms with van der Waals surface area (Å²) in [6, 6.07) is 5.97. The van der Waals surface area contributed by atoms with Gasteiger partial charge in [-0.3, -0.25) is 0 Å². The lowest BCUT2D eigenvalue weighted by molar-refractivity contribution is 0.592. The van der Waals surface area contributed by atoms with Crippen molar-refractivity contribution < 1.29 is 8.42 Å². The van der Waals surface area contributed by atoms with Crippen molar-refractivity contribution >= 4 is 27.1 Å². The van der Waals surface area contributed by atoms with Gasteiger partial charge in [-0.05, 0) is 35.8 Å². The second kappa shape index (κ2) is 3.59. The molecule has 2 N–H and O–H groups in total. The third kappa shape index (κ3) is 1.83. The molecule has 2 rings (SSSR count). The average molecular weight is 241 g/mol. The number of sulfone groups is 1. The topological polar surface area (TPSA) is 85.9 Å². The summed E-state index contributed by atoms with van der Waals surface area (Å²) in [7, 11) is -3.53. The normalized spacial score (nSPS) is 11.5. The predicted molar refractivity (Wildman–Crippen MR) is 56.2 cm³/mol. The zero-order valence-electron chi connectivity index (χ0n) is 7.49. The van der Waals surface area contributed by atoms with E-state index < -0.39 is 9.84 Å². The van der Waals surface area contributed by atoms with Crippen LogP contribution in [-0.2, 0) is 9.84 Å². The Morgan fingerprint density at radius 1 is 1.20 bits per heavy atom. The molecule has 0 radical (unpaired) electrons. The van der Waals surface area contributed by atoms with Gasteiger partial charge in [0.2, 0.25) is 9.84 Å². The molecule has 0 aliphatic heterocycles. The summed E-state index contributed by atoms with van der Waals surface area (Å²) in [5, 5.41) is 4.90. The Kier molecular flexibility index (Phi) is 2.41. The largest absolute Gasteiger partial charge is 0.399 e. The maximum Gasteiger partial charge on any atom is 0.226 e. The quantitative estimate of drug-likeness (QED) is 0.791. The van der Waals surface area contributed by atoms with Gasteiger partial charge in [0.1, 0.15) is 0 Å². The van der Waals surface area contributed by atoms with Crippen molar-refractivity contribution in [3.63, 3.8) is 0 Å². The van der Waals surface area contributed by atoms with Crippen LogP contribution in [0.15, 0.2) is 39.6 Å². The van der Waals surface area contributed by atoms with Gasteiger partial charge in [-0.2, -0.15) is 0 Å². The molecule has 0 spiro atoms. The first-order valence-electron chi connectivity index (χ1n) is 3.98. The van der Waals surface area contributed by atoms with Gasteiger partial charge >= 0.3 is 0 Å². The highest BCUT2D eigenvalue weighted by Gasteiger charge is 2.19. The third-order valence-electron chi connectivity index (χ3n) is 1.81. The lowest BCUT2D eigenvalue weighted by atomic mass is 10.3. The number of rotatable bonds is 2. The Bertz CT molecular complexity index is 546. The van der Waals surface area contributed by atoms with Crippen molar-refractivity contribution in [1.82, 2.24) is 9.59 Å². The van der Waals surface area contributed by atoms with Gasteiger partial charge in [0.05, 0.1) is 10.3 Å². The van der Waals surface area contributed by atoms with Crippen LogP contribution >= 0.6 is 11.5 Å². The van der Waals surface area contributed by atoms with E-state index in [1.165, 1.54) is 29.6 Å². The molecule has 15 heavy (non-hydrogen) atoms. The van der Waals surface area contributed by atoms with E-state index in [-0.39, 0.29) is 9.92 Å². The van der Waals surface area contributed by atoms with Crippen molar-refractivity contribution in [3.05, 3.63) is 29.6 Å². The molecule has 78 valence electrons. The molecule has 0 unspecified atom stereocenters. The van der Waals surface area contributed by atoms with E-state index >= 15 is 0 Å². The van der Waals surface area contributed by atoms with E-state index in [4.69, 9.17) is 5.73 Å². The molecule has 0 bridgehead atoms. The summed E-state index contributed by atoms with van der Waals surface area (Å²) in [6.07, 6.45) is 0. The molecule has 0 atom stereocenters. The van der Waals surface area contributed by atoms with Crippen molar-refractivity contribution in [1.29, 1.82) is 0 Å². The smallest absolute Gasteiger partial charge is 0.226 e. The maximum absolute atomic E-state index is 11.9. The molecule has 5 nitrogen and oxygen atoms in total. The van der Waals surface area contributed by atoms with E-state index in [2.05, 4.69) is 9.59 Å². The highest BCUT2D eigenvalue weighted by molar-refractivity contribution is 7.91. The van der Waals surface area contributed by atoms with Crippen LogP contribution in [0.25, 0.3) is 0 Å². The summed E-state index contributed by atoms with van der Waals surface area (Å²) in [5.74, 6) is 0. The van der Waals surface area contributed by atoms with Crippen molar-refractivity contribution in [3.8, 4) is 0 Å². The standard InChI is InChI=1S/C8H7N3O2S2/c9-6-1-3-7(4-2-6)15(12,13)8-5-14-11-10-8/h1-5H,9H2. The lowest BCUT2D eigenvalue weighted by Crippen LogP contribution is -2.02. The summed E-state index contributed by atoms with van der Waals surface area (Å²) in [4.78, 5) is 0.171.